The molecule has 0 amide bonds. The van der Waals surface area contributed by atoms with Crippen molar-refractivity contribution in [3.8, 4) is 0 Å². The largest absolute Gasteiger partial charge is 0.289 e. The molecule has 0 heterocycles. The lowest BCUT2D eigenvalue weighted by atomic mass is 10.0. The zero-order chi connectivity index (χ0) is 13.3. The van der Waals surface area contributed by atoms with E-state index in [1.54, 1.807) is 24.3 Å². The van der Waals surface area contributed by atoms with Gasteiger partial charge in [-0.25, -0.2) is 0 Å². The number of benzene rings is 2. The van der Waals surface area contributed by atoms with E-state index in [9.17, 15) is 4.79 Å². The van der Waals surface area contributed by atoms with Crippen molar-refractivity contribution in [2.24, 2.45) is 0 Å². The summed E-state index contributed by atoms with van der Waals surface area (Å²) >= 11 is 15.4. The van der Waals surface area contributed by atoms with E-state index in [4.69, 9.17) is 23.2 Å². The Morgan fingerprint density at radius 1 is 1.11 bits per heavy atom. The van der Waals surface area contributed by atoms with Crippen molar-refractivity contribution in [2.75, 3.05) is 0 Å². The third-order valence-corrected chi connectivity index (χ3v) is 4.04. The zero-order valence-corrected chi connectivity index (χ0v) is 12.6. The van der Waals surface area contributed by atoms with Gasteiger partial charge in [-0.05, 0) is 36.8 Å². The highest BCUT2D eigenvalue weighted by Crippen LogP contribution is 2.29. The van der Waals surface area contributed by atoms with Gasteiger partial charge in [0.15, 0.2) is 5.78 Å². The van der Waals surface area contributed by atoms with E-state index in [1.807, 2.05) is 19.1 Å². The Labute approximate surface area is 124 Å². The van der Waals surface area contributed by atoms with Gasteiger partial charge in [-0.1, -0.05) is 51.3 Å². The Bertz CT molecular complexity index is 623. The minimum Gasteiger partial charge on any atom is -0.289 e. The molecule has 0 N–H and O–H groups in total. The van der Waals surface area contributed by atoms with Crippen LogP contribution in [0.2, 0.25) is 10.0 Å². The third kappa shape index (κ3) is 2.61. The van der Waals surface area contributed by atoms with Crippen LogP contribution in [0.25, 0.3) is 0 Å². The predicted octanol–water partition coefficient (Wildman–Crippen LogP) is 5.30. The Hall–Kier alpha value is -0.830. The summed E-state index contributed by atoms with van der Waals surface area (Å²) in [4.78, 5) is 12.4. The van der Waals surface area contributed by atoms with Crippen LogP contribution in [0.15, 0.2) is 40.9 Å². The smallest absolute Gasteiger partial charge is 0.195 e. The number of ketones is 1. The van der Waals surface area contributed by atoms with Crippen LogP contribution >= 0.6 is 39.1 Å². The fourth-order valence-electron chi connectivity index (χ4n) is 1.63. The van der Waals surface area contributed by atoms with E-state index < -0.39 is 0 Å². The highest BCUT2D eigenvalue weighted by atomic mass is 79.9. The number of hydrogen-bond acceptors (Lipinski definition) is 1. The van der Waals surface area contributed by atoms with Gasteiger partial charge in [-0.2, -0.15) is 0 Å². The van der Waals surface area contributed by atoms with E-state index in [-0.39, 0.29) is 10.8 Å². The summed E-state index contributed by atoms with van der Waals surface area (Å²) in [5.74, 6) is -0.144. The molecule has 0 spiro atoms. The second kappa shape index (κ2) is 5.43. The van der Waals surface area contributed by atoms with E-state index >= 15 is 0 Å². The van der Waals surface area contributed by atoms with Gasteiger partial charge in [0.05, 0.1) is 10.0 Å². The molecule has 0 unspecified atom stereocenters. The molecule has 0 aromatic heterocycles. The number of rotatable bonds is 2. The van der Waals surface area contributed by atoms with Gasteiger partial charge in [-0.15, -0.1) is 0 Å². The maximum atomic E-state index is 12.4. The highest BCUT2D eigenvalue weighted by Gasteiger charge is 2.16. The molecule has 0 fully saturated rings. The molecule has 0 atom stereocenters. The van der Waals surface area contributed by atoms with Crippen LogP contribution in [0.3, 0.4) is 0 Å². The van der Waals surface area contributed by atoms with Crippen molar-refractivity contribution < 1.29 is 4.79 Å². The van der Waals surface area contributed by atoms with Crippen LogP contribution in [0.1, 0.15) is 21.5 Å². The van der Waals surface area contributed by atoms with Crippen molar-refractivity contribution in [2.45, 2.75) is 6.92 Å². The first-order chi connectivity index (χ1) is 8.50. The summed E-state index contributed by atoms with van der Waals surface area (Å²) in [7, 11) is 0. The molecular formula is C14H9BrCl2O. The standard InChI is InChI=1S/C14H9BrCl2O/c1-8-5-6-9(11(15)7-8)14(18)10-3-2-4-12(16)13(10)17/h2-7H,1H3. The van der Waals surface area contributed by atoms with Crippen LogP contribution in [-0.4, -0.2) is 5.78 Å². The maximum Gasteiger partial charge on any atom is 0.195 e. The van der Waals surface area contributed by atoms with Gasteiger partial charge < -0.3 is 0 Å². The molecule has 92 valence electrons. The lowest BCUT2D eigenvalue weighted by Crippen LogP contribution is -2.03. The number of carbonyl (C=O) groups excluding carboxylic acids is 1. The van der Waals surface area contributed by atoms with Crippen LogP contribution in [0.4, 0.5) is 0 Å². The molecule has 0 aliphatic rings. The van der Waals surface area contributed by atoms with E-state index in [0.29, 0.717) is 16.1 Å². The number of halogens is 3. The van der Waals surface area contributed by atoms with Gasteiger partial charge in [0.2, 0.25) is 0 Å². The predicted molar refractivity (Wildman–Crippen MR) is 78.8 cm³/mol. The van der Waals surface area contributed by atoms with Gasteiger partial charge in [0.25, 0.3) is 0 Å². The summed E-state index contributed by atoms with van der Waals surface area (Å²) in [6, 6.07) is 10.6. The second-order valence-corrected chi connectivity index (χ2v) is 5.55. The Morgan fingerprint density at radius 3 is 2.50 bits per heavy atom. The first kappa shape index (κ1) is 13.6. The van der Waals surface area contributed by atoms with Gasteiger partial charge in [0.1, 0.15) is 0 Å². The molecule has 0 aliphatic carbocycles. The lowest BCUT2D eigenvalue weighted by Gasteiger charge is -2.07. The summed E-state index contributed by atoms with van der Waals surface area (Å²) in [6.07, 6.45) is 0. The minimum atomic E-state index is -0.144. The monoisotopic (exact) mass is 342 g/mol. The third-order valence-electron chi connectivity index (χ3n) is 2.57. The minimum absolute atomic E-state index is 0.144. The first-order valence-corrected chi connectivity index (χ1v) is 6.80. The molecule has 18 heavy (non-hydrogen) atoms. The van der Waals surface area contributed by atoms with Crippen LogP contribution < -0.4 is 0 Å². The fraction of sp³-hybridized carbons (Fsp3) is 0.0714. The number of hydrogen-bond donors (Lipinski definition) is 0. The average molecular weight is 344 g/mol. The molecule has 2 aromatic rings. The Morgan fingerprint density at radius 2 is 1.83 bits per heavy atom. The van der Waals surface area contributed by atoms with Gasteiger partial charge >= 0.3 is 0 Å². The fourth-order valence-corrected chi connectivity index (χ4v) is 2.69. The van der Waals surface area contributed by atoms with Crippen molar-refractivity contribution in [1.82, 2.24) is 0 Å². The molecule has 1 nitrogen and oxygen atoms in total. The molecular weight excluding hydrogens is 335 g/mol. The molecule has 2 rings (SSSR count). The molecule has 2 aromatic carbocycles. The molecule has 4 heteroatoms. The summed E-state index contributed by atoms with van der Waals surface area (Å²) < 4.78 is 0.753. The molecule has 0 saturated carbocycles. The Kier molecular flexibility index (Phi) is 4.10. The molecule has 0 saturated heterocycles. The van der Waals surface area contributed by atoms with Crippen LogP contribution in [0.5, 0.6) is 0 Å². The van der Waals surface area contributed by atoms with Crippen molar-refractivity contribution in [3.63, 3.8) is 0 Å². The summed E-state index contributed by atoms with van der Waals surface area (Å²) in [5, 5.41) is 0.669. The SMILES string of the molecule is Cc1ccc(C(=O)c2cccc(Cl)c2Cl)c(Br)c1. The van der Waals surface area contributed by atoms with Crippen LogP contribution in [-0.2, 0) is 0 Å². The van der Waals surface area contributed by atoms with Gasteiger partial charge in [-0.3, -0.25) is 4.79 Å². The number of carbonyl (C=O) groups is 1. The second-order valence-electron chi connectivity index (χ2n) is 3.91. The van der Waals surface area contributed by atoms with E-state index in [2.05, 4.69) is 15.9 Å². The van der Waals surface area contributed by atoms with Crippen LogP contribution in [0, 0.1) is 6.92 Å². The molecule has 0 radical (unpaired) electrons. The molecule has 0 bridgehead atoms. The topological polar surface area (TPSA) is 17.1 Å². The highest BCUT2D eigenvalue weighted by molar-refractivity contribution is 9.10. The number of aryl methyl sites for hydroxylation is 1. The van der Waals surface area contributed by atoms with E-state index in [0.717, 1.165) is 10.0 Å². The van der Waals surface area contributed by atoms with Gasteiger partial charge in [0, 0.05) is 15.6 Å². The zero-order valence-electron chi connectivity index (χ0n) is 9.51. The maximum absolute atomic E-state index is 12.4. The summed E-state index contributed by atoms with van der Waals surface area (Å²) in [5.41, 5.74) is 2.06. The van der Waals surface area contributed by atoms with Crippen molar-refractivity contribution >= 4 is 44.9 Å². The quantitative estimate of drug-likeness (QED) is 0.676. The summed E-state index contributed by atoms with van der Waals surface area (Å²) in [6.45, 7) is 1.96. The Balaban J connectivity index is 2.51. The normalized spacial score (nSPS) is 10.4. The average Bonchev–Trinajstić information content (AvgIpc) is 2.32. The lowest BCUT2D eigenvalue weighted by molar-refractivity contribution is 0.103. The van der Waals surface area contributed by atoms with Crippen molar-refractivity contribution in [1.29, 1.82) is 0 Å². The van der Waals surface area contributed by atoms with E-state index in [1.165, 1.54) is 0 Å². The molecule has 0 aliphatic heterocycles. The van der Waals surface area contributed by atoms with Crippen molar-refractivity contribution in [3.05, 3.63) is 67.6 Å². The first-order valence-electron chi connectivity index (χ1n) is 5.25.